The fraction of sp³-hybridized carbons (Fsp3) is 0.222. The summed E-state index contributed by atoms with van der Waals surface area (Å²) in [5, 5.41) is 8.74. The maximum Gasteiger partial charge on any atom is 0.189 e. The van der Waals surface area contributed by atoms with Crippen molar-refractivity contribution in [2.24, 2.45) is 0 Å². The third-order valence-electron chi connectivity index (χ3n) is 1.80. The molecule has 0 unspecified atom stereocenters. The summed E-state index contributed by atoms with van der Waals surface area (Å²) in [6.07, 6.45) is 2.54. The second kappa shape index (κ2) is 6.20. The van der Waals surface area contributed by atoms with Gasteiger partial charge in [-0.3, -0.25) is 4.98 Å². The Morgan fingerprint density at radius 1 is 1.73 bits per heavy atom. The number of hydrogen-bond donors (Lipinski definition) is 2. The first-order valence-electron chi connectivity index (χ1n) is 3.87. The summed E-state index contributed by atoms with van der Waals surface area (Å²) in [4.78, 5) is 3.89. The minimum Gasteiger partial charge on any atom is -0.506 e. The molecule has 0 amide bonds. The third kappa shape index (κ3) is 3.55. The molecule has 0 radical (unpaired) electrons. The van der Waals surface area contributed by atoms with Crippen LogP contribution in [0.3, 0.4) is 0 Å². The average Bonchev–Trinajstić information content (AvgIpc) is 2.11. The molecule has 0 aliphatic rings. The van der Waals surface area contributed by atoms with Crippen molar-refractivity contribution < 1.29 is 9.50 Å². The van der Waals surface area contributed by atoms with Gasteiger partial charge in [0.05, 0.1) is 5.69 Å². The van der Waals surface area contributed by atoms with Crippen molar-refractivity contribution >= 4 is 42.7 Å². The Labute approximate surface area is 104 Å². The van der Waals surface area contributed by atoms with Crippen LogP contribution >= 0.6 is 36.6 Å². The van der Waals surface area contributed by atoms with Gasteiger partial charge in [0.15, 0.2) is 5.29 Å². The Morgan fingerprint density at radius 3 is 2.80 bits per heavy atom. The highest BCUT2D eigenvalue weighted by Gasteiger charge is 2.09. The van der Waals surface area contributed by atoms with E-state index in [4.69, 9.17) is 11.6 Å². The van der Waals surface area contributed by atoms with Crippen LogP contribution < -0.4 is 0 Å². The number of rotatable bonds is 2. The van der Waals surface area contributed by atoms with Gasteiger partial charge in [0.25, 0.3) is 0 Å². The maximum absolute atomic E-state index is 12.4. The van der Waals surface area contributed by atoms with Crippen molar-refractivity contribution in [3.05, 3.63) is 28.3 Å². The van der Waals surface area contributed by atoms with Crippen LogP contribution in [-0.2, 0) is 5.75 Å². The van der Waals surface area contributed by atoms with E-state index in [0.29, 0.717) is 22.6 Å². The van der Waals surface area contributed by atoms with Gasteiger partial charge in [0, 0.05) is 23.1 Å². The van der Waals surface area contributed by atoms with Gasteiger partial charge in [-0.25, -0.2) is 0 Å². The first kappa shape index (κ1) is 14.5. The van der Waals surface area contributed by atoms with E-state index in [-0.39, 0.29) is 18.2 Å². The molecule has 1 heterocycles. The molecule has 84 valence electrons. The Balaban J connectivity index is 0.00000196. The highest BCUT2D eigenvalue weighted by Crippen LogP contribution is 2.27. The Morgan fingerprint density at radius 2 is 2.33 bits per heavy atom. The maximum atomic E-state index is 12.4. The molecule has 0 saturated carbocycles. The number of pyridine rings is 1. The summed E-state index contributed by atoms with van der Waals surface area (Å²) in [7, 11) is 0. The summed E-state index contributed by atoms with van der Waals surface area (Å²) in [6.45, 7) is 1.66. The van der Waals surface area contributed by atoms with Gasteiger partial charge in [-0.1, -0.05) is 11.6 Å². The van der Waals surface area contributed by atoms with Gasteiger partial charge in [-0.15, -0.1) is 12.4 Å². The van der Waals surface area contributed by atoms with Crippen LogP contribution in [0.2, 0.25) is 0 Å². The van der Waals surface area contributed by atoms with E-state index >= 15 is 0 Å². The standard InChI is InChI=1S/C9H9ClFNOS.ClH/c1-5-9(13)7(4-14)6(3-12-5)2-8(10)11;/h2-3,13-14H,4H2,1H3;1H. The zero-order valence-corrected chi connectivity index (χ0v) is 10.3. The van der Waals surface area contributed by atoms with Crippen LogP contribution in [0.5, 0.6) is 5.75 Å². The molecule has 0 bridgehead atoms. The first-order valence-corrected chi connectivity index (χ1v) is 4.88. The molecule has 0 aliphatic carbocycles. The van der Waals surface area contributed by atoms with E-state index in [2.05, 4.69) is 17.6 Å². The number of aromatic nitrogens is 1. The second-order valence-corrected chi connectivity index (χ2v) is 3.40. The smallest absolute Gasteiger partial charge is 0.189 e. The van der Waals surface area contributed by atoms with E-state index in [1.807, 2.05) is 0 Å². The quantitative estimate of drug-likeness (QED) is 0.807. The van der Waals surface area contributed by atoms with Crippen molar-refractivity contribution in [3.8, 4) is 5.75 Å². The minimum absolute atomic E-state index is 0. The number of thiol groups is 1. The number of nitrogens with zero attached hydrogens (tertiary/aromatic N) is 1. The molecule has 1 N–H and O–H groups in total. The van der Waals surface area contributed by atoms with E-state index < -0.39 is 5.29 Å². The van der Waals surface area contributed by atoms with E-state index in [0.717, 1.165) is 6.08 Å². The Bertz CT molecular complexity index is 381. The van der Waals surface area contributed by atoms with E-state index in [1.54, 1.807) is 6.92 Å². The lowest BCUT2D eigenvalue weighted by molar-refractivity contribution is 0.462. The van der Waals surface area contributed by atoms with Crippen LogP contribution in [0.4, 0.5) is 4.39 Å². The number of halogens is 3. The third-order valence-corrected chi connectivity index (χ3v) is 2.22. The number of aromatic hydroxyl groups is 1. The van der Waals surface area contributed by atoms with Crippen molar-refractivity contribution in [1.82, 2.24) is 4.98 Å². The van der Waals surface area contributed by atoms with Gasteiger partial charge in [-0.05, 0) is 13.0 Å². The molecule has 0 fully saturated rings. The van der Waals surface area contributed by atoms with Crippen LogP contribution in [0.15, 0.2) is 11.5 Å². The average molecular weight is 270 g/mol. The SMILES string of the molecule is Cc1ncc(C=C(F)Cl)c(CS)c1O.Cl. The minimum atomic E-state index is -0.849. The fourth-order valence-corrected chi connectivity index (χ4v) is 1.52. The number of hydrogen-bond acceptors (Lipinski definition) is 3. The molecule has 1 aromatic heterocycles. The molecule has 1 aromatic rings. The molecular weight excluding hydrogens is 260 g/mol. The molecule has 2 nitrogen and oxygen atoms in total. The zero-order chi connectivity index (χ0) is 10.7. The largest absolute Gasteiger partial charge is 0.506 e. The summed E-state index contributed by atoms with van der Waals surface area (Å²) < 4.78 is 12.4. The summed E-state index contributed by atoms with van der Waals surface area (Å²) in [5.74, 6) is 0.331. The van der Waals surface area contributed by atoms with Crippen molar-refractivity contribution in [3.63, 3.8) is 0 Å². The molecule has 1 rings (SSSR count). The first-order chi connectivity index (χ1) is 6.56. The lowest BCUT2D eigenvalue weighted by atomic mass is 10.1. The molecule has 0 atom stereocenters. The molecule has 6 heteroatoms. The number of aryl methyl sites for hydroxylation is 1. The predicted octanol–water partition coefficient (Wildman–Crippen LogP) is 3.45. The van der Waals surface area contributed by atoms with Crippen molar-refractivity contribution in [1.29, 1.82) is 0 Å². The Kier molecular flexibility index (Phi) is 6.02. The summed E-state index contributed by atoms with van der Waals surface area (Å²) >= 11 is 9.13. The van der Waals surface area contributed by atoms with Crippen LogP contribution in [0.25, 0.3) is 6.08 Å². The normalized spacial score (nSPS) is 11.1. The predicted molar refractivity (Wildman–Crippen MR) is 65.5 cm³/mol. The lowest BCUT2D eigenvalue weighted by Crippen LogP contribution is -1.92. The molecule has 0 aliphatic heterocycles. The Hall–Kier alpha value is -0.450. The van der Waals surface area contributed by atoms with E-state index in [1.165, 1.54) is 6.20 Å². The fourth-order valence-electron chi connectivity index (χ4n) is 1.07. The topological polar surface area (TPSA) is 33.1 Å². The van der Waals surface area contributed by atoms with Crippen LogP contribution in [-0.4, -0.2) is 10.1 Å². The molecule has 0 spiro atoms. The van der Waals surface area contributed by atoms with Crippen molar-refractivity contribution in [2.75, 3.05) is 0 Å². The van der Waals surface area contributed by atoms with Gasteiger partial charge >= 0.3 is 0 Å². The summed E-state index contributed by atoms with van der Waals surface area (Å²) in [5.41, 5.74) is 1.45. The molecular formula is C9H10Cl2FNOS. The lowest BCUT2D eigenvalue weighted by Gasteiger charge is -2.07. The van der Waals surface area contributed by atoms with Crippen molar-refractivity contribution in [2.45, 2.75) is 12.7 Å². The van der Waals surface area contributed by atoms with Crippen LogP contribution in [0, 0.1) is 6.92 Å². The van der Waals surface area contributed by atoms with Gasteiger partial charge in [0.1, 0.15) is 5.75 Å². The van der Waals surface area contributed by atoms with Gasteiger partial charge in [0.2, 0.25) is 0 Å². The van der Waals surface area contributed by atoms with Gasteiger partial charge in [-0.2, -0.15) is 17.0 Å². The highest BCUT2D eigenvalue weighted by atomic mass is 35.5. The zero-order valence-electron chi connectivity index (χ0n) is 7.87. The van der Waals surface area contributed by atoms with Gasteiger partial charge < -0.3 is 5.11 Å². The molecule has 15 heavy (non-hydrogen) atoms. The summed E-state index contributed by atoms with van der Waals surface area (Å²) in [6, 6.07) is 0. The monoisotopic (exact) mass is 269 g/mol. The molecule has 0 saturated heterocycles. The van der Waals surface area contributed by atoms with Crippen LogP contribution in [0.1, 0.15) is 16.8 Å². The van der Waals surface area contributed by atoms with E-state index in [9.17, 15) is 9.50 Å². The molecule has 0 aromatic carbocycles. The highest BCUT2D eigenvalue weighted by molar-refractivity contribution is 7.79. The second-order valence-electron chi connectivity index (χ2n) is 2.72.